The van der Waals surface area contributed by atoms with Gasteiger partial charge in [-0.05, 0) is 43.2 Å². The molecular formula is C19H17ClN2O4. The first kappa shape index (κ1) is 16.8. The predicted molar refractivity (Wildman–Crippen MR) is 96.1 cm³/mol. The Hall–Kier alpha value is -2.60. The second-order valence-corrected chi connectivity index (χ2v) is 7.01. The average molecular weight is 373 g/mol. The summed E-state index contributed by atoms with van der Waals surface area (Å²) in [5.74, 6) is -0.990. The number of nitrogens with one attached hydrogen (secondary N) is 1. The minimum atomic E-state index is -0.427. The van der Waals surface area contributed by atoms with E-state index in [1.54, 1.807) is 24.3 Å². The lowest BCUT2D eigenvalue weighted by atomic mass is 9.81. The number of benzene rings is 1. The molecule has 2 aliphatic rings. The number of hydrogen-bond donors (Lipinski definition) is 1. The number of carbonyl (C=O) groups is 3. The lowest BCUT2D eigenvalue weighted by Gasteiger charge is -2.19. The number of imide groups is 1. The van der Waals surface area contributed by atoms with E-state index in [0.29, 0.717) is 11.4 Å². The maximum Gasteiger partial charge on any atom is 0.291 e. The number of anilines is 2. The lowest BCUT2D eigenvalue weighted by molar-refractivity contribution is -0.122. The molecule has 6 nitrogen and oxygen atoms in total. The first-order chi connectivity index (χ1) is 12.6. The zero-order valence-electron chi connectivity index (χ0n) is 13.9. The van der Waals surface area contributed by atoms with Crippen molar-refractivity contribution in [2.24, 2.45) is 11.8 Å². The van der Waals surface area contributed by atoms with E-state index in [0.717, 1.165) is 25.7 Å². The highest BCUT2D eigenvalue weighted by atomic mass is 35.5. The third-order valence-electron chi connectivity index (χ3n) is 5.05. The molecule has 0 bridgehead atoms. The van der Waals surface area contributed by atoms with Gasteiger partial charge in [-0.2, -0.15) is 0 Å². The quantitative estimate of drug-likeness (QED) is 0.829. The number of fused-ring (bicyclic) bond motifs is 1. The van der Waals surface area contributed by atoms with Gasteiger partial charge in [0, 0.05) is 0 Å². The summed E-state index contributed by atoms with van der Waals surface area (Å²) in [7, 11) is 0. The van der Waals surface area contributed by atoms with Crippen molar-refractivity contribution in [1.29, 1.82) is 0 Å². The molecule has 2 heterocycles. The number of furan rings is 1. The van der Waals surface area contributed by atoms with Crippen LogP contribution in [-0.4, -0.2) is 17.7 Å². The van der Waals surface area contributed by atoms with Gasteiger partial charge in [-0.3, -0.25) is 19.3 Å². The summed E-state index contributed by atoms with van der Waals surface area (Å²) in [5.41, 5.74) is 0.823. The predicted octanol–water partition coefficient (Wildman–Crippen LogP) is 3.86. The van der Waals surface area contributed by atoms with Crippen molar-refractivity contribution in [1.82, 2.24) is 0 Å². The second kappa shape index (κ2) is 6.61. The zero-order valence-corrected chi connectivity index (χ0v) is 14.7. The molecule has 0 spiro atoms. The van der Waals surface area contributed by atoms with Gasteiger partial charge in [-0.15, -0.1) is 0 Å². The fourth-order valence-corrected chi connectivity index (χ4v) is 3.97. The minimum Gasteiger partial charge on any atom is -0.459 e. The summed E-state index contributed by atoms with van der Waals surface area (Å²) >= 11 is 6.27. The van der Waals surface area contributed by atoms with Crippen LogP contribution in [0.3, 0.4) is 0 Å². The number of rotatable bonds is 3. The molecule has 1 saturated heterocycles. The Bertz CT molecular complexity index is 854. The van der Waals surface area contributed by atoms with Gasteiger partial charge < -0.3 is 9.73 Å². The van der Waals surface area contributed by atoms with E-state index in [1.807, 2.05) is 0 Å². The Balaban J connectivity index is 1.57. The Morgan fingerprint density at radius 2 is 1.81 bits per heavy atom. The molecule has 1 aromatic heterocycles. The van der Waals surface area contributed by atoms with Crippen molar-refractivity contribution in [2.45, 2.75) is 25.7 Å². The van der Waals surface area contributed by atoms with Crippen LogP contribution in [0.2, 0.25) is 5.02 Å². The van der Waals surface area contributed by atoms with Crippen LogP contribution in [0.4, 0.5) is 11.4 Å². The Kier molecular flexibility index (Phi) is 4.28. The topological polar surface area (TPSA) is 79.6 Å². The maximum atomic E-state index is 12.7. The number of halogens is 1. The molecule has 3 amide bonds. The van der Waals surface area contributed by atoms with Crippen molar-refractivity contribution in [3.8, 4) is 0 Å². The molecule has 1 N–H and O–H groups in total. The van der Waals surface area contributed by atoms with Gasteiger partial charge in [-0.1, -0.05) is 24.4 Å². The van der Waals surface area contributed by atoms with Gasteiger partial charge in [-0.25, -0.2) is 0 Å². The molecule has 0 unspecified atom stereocenters. The standard InChI is InChI=1S/C19H17ClN2O4/c20-14-10-11(7-8-15(14)21-17(23)16-6-3-9-26-16)22-18(24)12-4-1-2-5-13(12)19(22)25/h3,6-10,12-13H,1-2,4-5H2,(H,21,23)/t12-,13-/m1/s1. The van der Waals surface area contributed by atoms with Crippen LogP contribution in [0.25, 0.3) is 0 Å². The third kappa shape index (κ3) is 2.80. The molecule has 2 aromatic rings. The number of nitrogens with zero attached hydrogens (tertiary/aromatic N) is 1. The highest BCUT2D eigenvalue weighted by molar-refractivity contribution is 6.34. The first-order valence-corrected chi connectivity index (χ1v) is 8.96. The zero-order chi connectivity index (χ0) is 18.3. The summed E-state index contributed by atoms with van der Waals surface area (Å²) in [5, 5.41) is 2.90. The first-order valence-electron chi connectivity index (χ1n) is 8.58. The Labute approximate surface area is 155 Å². The van der Waals surface area contributed by atoms with Gasteiger partial charge in [0.15, 0.2) is 5.76 Å². The molecule has 7 heteroatoms. The van der Waals surface area contributed by atoms with Crippen LogP contribution in [-0.2, 0) is 9.59 Å². The molecule has 1 aliphatic carbocycles. The van der Waals surface area contributed by atoms with E-state index in [9.17, 15) is 14.4 Å². The molecule has 26 heavy (non-hydrogen) atoms. The molecule has 2 atom stereocenters. The van der Waals surface area contributed by atoms with E-state index in [4.69, 9.17) is 16.0 Å². The van der Waals surface area contributed by atoms with Crippen LogP contribution in [0.15, 0.2) is 41.0 Å². The highest BCUT2D eigenvalue weighted by Gasteiger charge is 2.48. The Morgan fingerprint density at radius 1 is 1.12 bits per heavy atom. The molecule has 1 aromatic carbocycles. The Morgan fingerprint density at radius 3 is 2.38 bits per heavy atom. The monoisotopic (exact) mass is 372 g/mol. The SMILES string of the molecule is O=C(Nc1ccc(N2C(=O)[C@@H]3CCCC[C@H]3C2=O)cc1Cl)c1ccco1. The lowest BCUT2D eigenvalue weighted by Crippen LogP contribution is -2.30. The summed E-state index contributed by atoms with van der Waals surface area (Å²) in [6.07, 6.45) is 4.89. The van der Waals surface area contributed by atoms with Crippen LogP contribution in [0, 0.1) is 11.8 Å². The van der Waals surface area contributed by atoms with E-state index in [-0.39, 0.29) is 34.4 Å². The fourth-order valence-electron chi connectivity index (χ4n) is 3.75. The molecule has 134 valence electrons. The van der Waals surface area contributed by atoms with E-state index >= 15 is 0 Å². The second-order valence-electron chi connectivity index (χ2n) is 6.60. The number of hydrogen-bond acceptors (Lipinski definition) is 4. The van der Waals surface area contributed by atoms with E-state index in [1.165, 1.54) is 17.2 Å². The van der Waals surface area contributed by atoms with Gasteiger partial charge >= 0.3 is 0 Å². The molecular weight excluding hydrogens is 356 g/mol. The molecule has 0 radical (unpaired) electrons. The van der Waals surface area contributed by atoms with E-state index < -0.39 is 5.91 Å². The van der Waals surface area contributed by atoms with Crippen molar-refractivity contribution < 1.29 is 18.8 Å². The van der Waals surface area contributed by atoms with Crippen LogP contribution >= 0.6 is 11.6 Å². The molecule has 2 fully saturated rings. The molecule has 1 saturated carbocycles. The summed E-state index contributed by atoms with van der Waals surface area (Å²) in [4.78, 5) is 38.6. The summed E-state index contributed by atoms with van der Waals surface area (Å²) in [6.45, 7) is 0. The summed E-state index contributed by atoms with van der Waals surface area (Å²) in [6, 6.07) is 7.90. The van der Waals surface area contributed by atoms with Gasteiger partial charge in [0.1, 0.15) is 0 Å². The molecule has 4 rings (SSSR count). The van der Waals surface area contributed by atoms with Crippen molar-refractivity contribution in [3.63, 3.8) is 0 Å². The fraction of sp³-hybridized carbons (Fsp3) is 0.316. The van der Waals surface area contributed by atoms with Crippen molar-refractivity contribution in [3.05, 3.63) is 47.4 Å². The van der Waals surface area contributed by atoms with Crippen LogP contribution in [0.1, 0.15) is 36.2 Å². The van der Waals surface area contributed by atoms with E-state index in [2.05, 4.69) is 5.32 Å². The minimum absolute atomic E-state index is 0.150. The maximum absolute atomic E-state index is 12.7. The van der Waals surface area contributed by atoms with Crippen molar-refractivity contribution in [2.75, 3.05) is 10.2 Å². The van der Waals surface area contributed by atoms with Gasteiger partial charge in [0.2, 0.25) is 11.8 Å². The number of amides is 3. The average Bonchev–Trinajstić information content (AvgIpc) is 3.26. The molecule has 1 aliphatic heterocycles. The van der Waals surface area contributed by atoms with Crippen LogP contribution < -0.4 is 10.2 Å². The normalized spacial score (nSPS) is 22.4. The summed E-state index contributed by atoms with van der Waals surface area (Å²) < 4.78 is 5.04. The van der Waals surface area contributed by atoms with Gasteiger partial charge in [0.05, 0.1) is 34.5 Å². The highest BCUT2D eigenvalue weighted by Crippen LogP contribution is 2.41. The third-order valence-corrected chi connectivity index (χ3v) is 5.36. The number of carbonyl (C=O) groups excluding carboxylic acids is 3. The van der Waals surface area contributed by atoms with Gasteiger partial charge in [0.25, 0.3) is 5.91 Å². The van der Waals surface area contributed by atoms with Crippen LogP contribution in [0.5, 0.6) is 0 Å². The van der Waals surface area contributed by atoms with Crippen molar-refractivity contribution >= 4 is 40.7 Å². The largest absolute Gasteiger partial charge is 0.459 e. The smallest absolute Gasteiger partial charge is 0.291 e.